The first-order valence-corrected chi connectivity index (χ1v) is 4.93. The van der Waals surface area contributed by atoms with Crippen LogP contribution in [0.3, 0.4) is 0 Å². The van der Waals surface area contributed by atoms with Gasteiger partial charge >= 0.3 is 0 Å². The molecule has 0 radical (unpaired) electrons. The van der Waals surface area contributed by atoms with Gasteiger partial charge in [0.05, 0.1) is 4.92 Å². The van der Waals surface area contributed by atoms with Gasteiger partial charge in [-0.1, -0.05) is 11.6 Å². The van der Waals surface area contributed by atoms with Gasteiger partial charge in [0, 0.05) is 18.3 Å². The third-order valence-corrected chi connectivity index (χ3v) is 2.15. The Morgan fingerprint density at radius 2 is 2.12 bits per heavy atom. The van der Waals surface area contributed by atoms with Crippen LogP contribution in [0, 0.1) is 10.1 Å². The maximum Gasteiger partial charge on any atom is 0.287 e. The van der Waals surface area contributed by atoms with Gasteiger partial charge in [-0.15, -0.1) is 0 Å². The number of hydrogen-bond acceptors (Lipinski definition) is 5. The van der Waals surface area contributed by atoms with Gasteiger partial charge in [-0.2, -0.15) is 0 Å². The molecule has 0 aromatic carbocycles. The van der Waals surface area contributed by atoms with Crippen molar-refractivity contribution < 1.29 is 9.66 Å². The van der Waals surface area contributed by atoms with Crippen molar-refractivity contribution in [2.75, 3.05) is 0 Å². The smallest absolute Gasteiger partial charge is 0.287 e. The number of aromatic nitrogens is 2. The van der Waals surface area contributed by atoms with E-state index in [0.29, 0.717) is 5.75 Å². The lowest BCUT2D eigenvalue weighted by Crippen LogP contribution is -1.92. The fourth-order valence-corrected chi connectivity index (χ4v) is 1.26. The number of halogens is 1. The molecular weight excluding hydrogens is 246 g/mol. The van der Waals surface area contributed by atoms with Crippen molar-refractivity contribution in [1.82, 2.24) is 9.97 Å². The molecule has 6 nitrogen and oxygen atoms in total. The lowest BCUT2D eigenvalue weighted by Gasteiger charge is -2.04. The Kier molecular flexibility index (Phi) is 3.15. The fraction of sp³-hybridized carbons (Fsp3) is 0. The van der Waals surface area contributed by atoms with E-state index < -0.39 is 4.92 Å². The van der Waals surface area contributed by atoms with Crippen LogP contribution in [-0.4, -0.2) is 14.9 Å². The van der Waals surface area contributed by atoms with Gasteiger partial charge in [-0.25, -0.2) is 9.97 Å². The van der Waals surface area contributed by atoms with Crippen LogP contribution in [0.15, 0.2) is 36.7 Å². The summed E-state index contributed by atoms with van der Waals surface area (Å²) in [5.74, 6) is 0.556. The molecule has 0 spiro atoms. The van der Waals surface area contributed by atoms with Crippen molar-refractivity contribution in [3.8, 4) is 11.6 Å². The SMILES string of the molecule is O=[N+]([O-])c1ccc(Oc2cccnc2Cl)nc1. The molecule has 2 heterocycles. The van der Waals surface area contributed by atoms with Crippen LogP contribution in [0.1, 0.15) is 0 Å². The highest BCUT2D eigenvalue weighted by atomic mass is 35.5. The molecule has 2 aromatic rings. The summed E-state index contributed by atoms with van der Waals surface area (Å²) in [6, 6.07) is 5.97. The normalized spacial score (nSPS) is 9.94. The first-order valence-electron chi connectivity index (χ1n) is 4.55. The molecule has 17 heavy (non-hydrogen) atoms. The Morgan fingerprint density at radius 3 is 2.71 bits per heavy atom. The number of hydrogen-bond donors (Lipinski definition) is 0. The van der Waals surface area contributed by atoms with E-state index in [1.165, 1.54) is 18.3 Å². The van der Waals surface area contributed by atoms with Crippen molar-refractivity contribution in [1.29, 1.82) is 0 Å². The molecule has 0 fully saturated rings. The molecule has 0 saturated heterocycles. The summed E-state index contributed by atoms with van der Waals surface area (Å²) < 4.78 is 5.32. The van der Waals surface area contributed by atoms with Gasteiger partial charge < -0.3 is 4.74 Å². The first kappa shape index (κ1) is 11.3. The molecule has 0 saturated carbocycles. The maximum absolute atomic E-state index is 10.4. The lowest BCUT2D eigenvalue weighted by atomic mass is 10.4. The monoisotopic (exact) mass is 251 g/mol. The van der Waals surface area contributed by atoms with E-state index in [9.17, 15) is 10.1 Å². The molecule has 0 aliphatic carbocycles. The van der Waals surface area contributed by atoms with Crippen molar-refractivity contribution in [3.05, 3.63) is 51.9 Å². The Bertz CT molecular complexity index is 545. The summed E-state index contributed by atoms with van der Waals surface area (Å²) >= 11 is 5.78. The lowest BCUT2D eigenvalue weighted by molar-refractivity contribution is -0.385. The predicted octanol–water partition coefficient (Wildman–Crippen LogP) is 2.83. The van der Waals surface area contributed by atoms with E-state index >= 15 is 0 Å². The van der Waals surface area contributed by atoms with Crippen LogP contribution >= 0.6 is 11.6 Å². The molecular formula is C10H6ClN3O3. The van der Waals surface area contributed by atoms with E-state index in [4.69, 9.17) is 16.3 Å². The average molecular weight is 252 g/mol. The van der Waals surface area contributed by atoms with Crippen LogP contribution in [0.5, 0.6) is 11.6 Å². The second kappa shape index (κ2) is 4.75. The van der Waals surface area contributed by atoms with Crippen molar-refractivity contribution in [2.45, 2.75) is 0 Å². The van der Waals surface area contributed by atoms with Crippen LogP contribution in [0.25, 0.3) is 0 Å². The summed E-state index contributed by atoms with van der Waals surface area (Å²) in [7, 11) is 0. The number of pyridine rings is 2. The fourth-order valence-electron chi connectivity index (χ4n) is 1.10. The van der Waals surface area contributed by atoms with Crippen molar-refractivity contribution in [2.24, 2.45) is 0 Å². The number of nitrogens with zero attached hydrogens (tertiary/aromatic N) is 3. The van der Waals surface area contributed by atoms with Gasteiger partial charge in [0.1, 0.15) is 6.20 Å². The van der Waals surface area contributed by atoms with Gasteiger partial charge in [-0.3, -0.25) is 10.1 Å². The van der Waals surface area contributed by atoms with Gasteiger partial charge in [0.25, 0.3) is 5.69 Å². The molecule has 0 N–H and O–H groups in total. The largest absolute Gasteiger partial charge is 0.436 e. The van der Waals surface area contributed by atoms with Gasteiger partial charge in [0.15, 0.2) is 10.9 Å². The molecule has 0 atom stereocenters. The summed E-state index contributed by atoms with van der Waals surface area (Å²) in [6.07, 6.45) is 2.64. The molecule has 2 aromatic heterocycles. The minimum absolute atomic E-state index is 0.102. The van der Waals surface area contributed by atoms with Crippen LogP contribution in [-0.2, 0) is 0 Å². The van der Waals surface area contributed by atoms with E-state index in [2.05, 4.69) is 9.97 Å². The summed E-state index contributed by atoms with van der Waals surface area (Å²) in [5, 5.41) is 10.6. The van der Waals surface area contributed by atoms with Crippen LogP contribution < -0.4 is 4.74 Å². The molecule has 2 rings (SSSR count). The number of nitro groups is 1. The van der Waals surface area contributed by atoms with Crippen molar-refractivity contribution in [3.63, 3.8) is 0 Å². The average Bonchev–Trinajstić information content (AvgIpc) is 2.33. The highest BCUT2D eigenvalue weighted by Gasteiger charge is 2.08. The summed E-state index contributed by atoms with van der Waals surface area (Å²) in [6.45, 7) is 0. The first-order chi connectivity index (χ1) is 8.16. The molecule has 0 unspecified atom stereocenters. The third-order valence-electron chi connectivity index (χ3n) is 1.87. The van der Waals surface area contributed by atoms with Crippen molar-refractivity contribution >= 4 is 17.3 Å². The topological polar surface area (TPSA) is 78.2 Å². The minimum Gasteiger partial charge on any atom is -0.436 e. The Balaban J connectivity index is 2.20. The van der Waals surface area contributed by atoms with E-state index in [1.807, 2.05) is 0 Å². The zero-order valence-corrected chi connectivity index (χ0v) is 9.16. The second-order valence-corrected chi connectivity index (χ2v) is 3.36. The van der Waals surface area contributed by atoms with Gasteiger partial charge in [0.2, 0.25) is 5.88 Å². The Labute approximate surface area is 101 Å². The Hall–Kier alpha value is -2.21. The molecule has 86 valence electrons. The van der Waals surface area contributed by atoms with Gasteiger partial charge in [-0.05, 0) is 12.1 Å². The van der Waals surface area contributed by atoms with Crippen LogP contribution in [0.4, 0.5) is 5.69 Å². The third kappa shape index (κ3) is 2.67. The van der Waals surface area contributed by atoms with E-state index in [-0.39, 0.29) is 16.7 Å². The standard InChI is InChI=1S/C10H6ClN3O3/c11-10-8(2-1-5-12-10)17-9-4-3-7(6-13-9)14(15)16/h1-6H. The second-order valence-electron chi connectivity index (χ2n) is 3.01. The quantitative estimate of drug-likeness (QED) is 0.476. The molecule has 7 heteroatoms. The zero-order valence-electron chi connectivity index (χ0n) is 8.41. The minimum atomic E-state index is -0.534. The summed E-state index contributed by atoms with van der Waals surface area (Å²) in [4.78, 5) is 17.5. The van der Waals surface area contributed by atoms with Crippen LogP contribution in [0.2, 0.25) is 5.15 Å². The predicted molar refractivity (Wildman–Crippen MR) is 60.2 cm³/mol. The molecule has 0 aliphatic rings. The maximum atomic E-state index is 10.4. The summed E-state index contributed by atoms with van der Waals surface area (Å²) in [5.41, 5.74) is -0.102. The Morgan fingerprint density at radius 1 is 1.29 bits per heavy atom. The zero-order chi connectivity index (χ0) is 12.3. The number of ether oxygens (including phenoxy) is 1. The van der Waals surface area contributed by atoms with E-state index in [0.717, 1.165) is 6.20 Å². The molecule has 0 aliphatic heterocycles. The van der Waals surface area contributed by atoms with E-state index in [1.54, 1.807) is 12.1 Å². The molecule has 0 bridgehead atoms. The number of rotatable bonds is 3. The highest BCUT2D eigenvalue weighted by Crippen LogP contribution is 2.26. The highest BCUT2D eigenvalue weighted by molar-refractivity contribution is 6.30. The molecule has 0 amide bonds.